The van der Waals surface area contributed by atoms with Gasteiger partial charge >= 0.3 is 0 Å². The molecule has 0 spiro atoms. The van der Waals surface area contributed by atoms with E-state index in [1.807, 2.05) is 18.2 Å². The zero-order chi connectivity index (χ0) is 19.1. The summed E-state index contributed by atoms with van der Waals surface area (Å²) in [6.45, 7) is 4.40. The van der Waals surface area contributed by atoms with E-state index in [9.17, 15) is 13.2 Å². The van der Waals surface area contributed by atoms with Crippen LogP contribution in [0.5, 0.6) is 0 Å². The van der Waals surface area contributed by atoms with Gasteiger partial charge in [0.25, 0.3) is 5.91 Å². The van der Waals surface area contributed by atoms with E-state index in [0.29, 0.717) is 0 Å². The Balaban J connectivity index is 1.96. The van der Waals surface area contributed by atoms with Crippen LogP contribution < -0.4 is 5.32 Å². The number of carbonyl (C=O) groups excluding carboxylic acids is 1. The summed E-state index contributed by atoms with van der Waals surface area (Å²) in [6, 6.07) is 7.97. The number of hydrogen-bond acceptors (Lipinski definition) is 4. The first-order valence-corrected chi connectivity index (χ1v) is 10.6. The van der Waals surface area contributed by atoms with Gasteiger partial charge in [-0.3, -0.25) is 9.48 Å². The summed E-state index contributed by atoms with van der Waals surface area (Å²) >= 11 is 0. The van der Waals surface area contributed by atoms with E-state index >= 15 is 0 Å². The van der Waals surface area contributed by atoms with Crippen LogP contribution in [-0.4, -0.2) is 30.4 Å². The maximum atomic E-state index is 12.9. The number of amides is 1. The average molecular weight is 375 g/mol. The molecule has 0 bridgehead atoms. The molecule has 0 radical (unpaired) electrons. The van der Waals surface area contributed by atoms with Crippen molar-refractivity contribution in [3.8, 4) is 0 Å². The Bertz CT molecular complexity index is 945. The molecule has 1 aromatic carbocycles. The van der Waals surface area contributed by atoms with Gasteiger partial charge in [0, 0.05) is 13.3 Å². The first-order chi connectivity index (χ1) is 12.1. The van der Waals surface area contributed by atoms with Crippen molar-refractivity contribution in [2.24, 2.45) is 12.5 Å². The van der Waals surface area contributed by atoms with Crippen LogP contribution in [0.4, 0.5) is 0 Å². The van der Waals surface area contributed by atoms with Crippen molar-refractivity contribution in [3.63, 3.8) is 0 Å². The van der Waals surface area contributed by atoms with E-state index in [-0.39, 0.29) is 22.0 Å². The number of nitrogens with one attached hydrogen (secondary N) is 1. The number of carbonyl (C=O) groups is 1. The number of aryl methyl sites for hydroxylation is 2. The van der Waals surface area contributed by atoms with Gasteiger partial charge in [0.2, 0.25) is 0 Å². The molecular formula is C19H25N3O3S. The second-order valence-electron chi connectivity index (χ2n) is 7.85. The summed E-state index contributed by atoms with van der Waals surface area (Å²) in [6.07, 6.45) is 5.21. The van der Waals surface area contributed by atoms with Gasteiger partial charge in [-0.15, -0.1) is 0 Å². The van der Waals surface area contributed by atoms with Crippen LogP contribution in [0.25, 0.3) is 0 Å². The molecule has 1 unspecified atom stereocenters. The fourth-order valence-electron chi connectivity index (χ4n) is 3.73. The molecule has 1 aromatic heterocycles. The van der Waals surface area contributed by atoms with Gasteiger partial charge in [0.15, 0.2) is 14.9 Å². The molecule has 0 aliphatic heterocycles. The number of fused-ring (bicyclic) bond motifs is 1. The summed E-state index contributed by atoms with van der Waals surface area (Å²) in [7, 11) is -2.03. The van der Waals surface area contributed by atoms with Crippen LogP contribution in [0.1, 0.15) is 54.2 Å². The van der Waals surface area contributed by atoms with Gasteiger partial charge in [-0.2, -0.15) is 5.10 Å². The molecule has 7 heteroatoms. The van der Waals surface area contributed by atoms with E-state index in [0.717, 1.165) is 31.1 Å². The summed E-state index contributed by atoms with van der Waals surface area (Å²) in [4.78, 5) is 12.9. The SMILES string of the molecule is Cn1ncc(C(=O)NC2CC(C)(C)CCc3ccccc32)c1S(C)(=O)=O. The number of rotatable bonds is 3. The Hall–Kier alpha value is -2.15. The maximum absolute atomic E-state index is 12.9. The van der Waals surface area contributed by atoms with Crippen LogP contribution in [0, 0.1) is 5.41 Å². The molecular weight excluding hydrogens is 350 g/mol. The Morgan fingerprint density at radius 2 is 2.00 bits per heavy atom. The van der Waals surface area contributed by atoms with Gasteiger partial charge in [0.05, 0.1) is 17.8 Å². The Morgan fingerprint density at radius 1 is 1.31 bits per heavy atom. The van der Waals surface area contributed by atoms with Crippen molar-refractivity contribution in [1.82, 2.24) is 15.1 Å². The molecule has 6 nitrogen and oxygen atoms in total. The highest BCUT2D eigenvalue weighted by Gasteiger charge is 2.32. The van der Waals surface area contributed by atoms with E-state index < -0.39 is 15.7 Å². The zero-order valence-corrected chi connectivity index (χ0v) is 16.4. The number of benzene rings is 1. The highest BCUT2D eigenvalue weighted by molar-refractivity contribution is 7.90. The minimum atomic E-state index is -3.56. The summed E-state index contributed by atoms with van der Waals surface area (Å²) in [5, 5.41) is 6.96. The molecule has 3 rings (SSSR count). The van der Waals surface area contributed by atoms with Gasteiger partial charge in [0.1, 0.15) is 0 Å². The molecule has 1 aliphatic rings. The predicted molar refractivity (Wildman–Crippen MR) is 99.7 cm³/mol. The minimum absolute atomic E-state index is 0.0591. The fourth-order valence-corrected chi connectivity index (χ4v) is 4.80. The first kappa shape index (κ1) is 18.6. The van der Waals surface area contributed by atoms with Crippen LogP contribution in [-0.2, 0) is 23.3 Å². The zero-order valence-electron chi connectivity index (χ0n) is 15.6. The lowest BCUT2D eigenvalue weighted by atomic mass is 9.83. The molecule has 1 N–H and O–H groups in total. The van der Waals surface area contributed by atoms with Gasteiger partial charge in [-0.05, 0) is 35.8 Å². The normalized spacial score (nSPS) is 19.5. The number of nitrogens with zero attached hydrogens (tertiary/aromatic N) is 2. The highest BCUT2D eigenvalue weighted by atomic mass is 32.2. The van der Waals surface area contributed by atoms with Crippen molar-refractivity contribution in [2.75, 3.05) is 6.26 Å². The average Bonchev–Trinajstić information content (AvgIpc) is 2.89. The standard InChI is InChI=1S/C19H25N3O3S/c1-19(2)10-9-13-7-5-6-8-14(13)16(11-19)21-17(23)15-12-20-22(3)18(15)26(4,24)25/h5-8,12,16H,9-11H2,1-4H3,(H,21,23). The number of sulfone groups is 1. The molecule has 0 fully saturated rings. The monoisotopic (exact) mass is 375 g/mol. The van der Waals surface area contributed by atoms with Gasteiger partial charge in [-0.1, -0.05) is 38.1 Å². The van der Waals surface area contributed by atoms with Crippen LogP contribution in [0.2, 0.25) is 0 Å². The molecule has 1 heterocycles. The molecule has 1 amide bonds. The Morgan fingerprint density at radius 3 is 2.69 bits per heavy atom. The quantitative estimate of drug-likeness (QED) is 0.836. The van der Waals surface area contributed by atoms with Crippen molar-refractivity contribution in [1.29, 1.82) is 0 Å². The number of aromatic nitrogens is 2. The lowest BCUT2D eigenvalue weighted by molar-refractivity contribution is 0.0921. The fraction of sp³-hybridized carbons (Fsp3) is 0.474. The van der Waals surface area contributed by atoms with Crippen LogP contribution in [0.15, 0.2) is 35.5 Å². The predicted octanol–water partition coefficient (Wildman–Crippen LogP) is 2.66. The largest absolute Gasteiger partial charge is 0.345 e. The van der Waals surface area contributed by atoms with Crippen molar-refractivity contribution >= 4 is 15.7 Å². The smallest absolute Gasteiger partial charge is 0.256 e. The van der Waals surface area contributed by atoms with Crippen molar-refractivity contribution < 1.29 is 13.2 Å². The van der Waals surface area contributed by atoms with Crippen molar-refractivity contribution in [2.45, 2.75) is 44.2 Å². The van der Waals surface area contributed by atoms with E-state index in [2.05, 4.69) is 30.3 Å². The van der Waals surface area contributed by atoms with E-state index in [1.165, 1.54) is 23.5 Å². The summed E-state index contributed by atoms with van der Waals surface area (Å²) in [5.74, 6) is -0.406. The third-order valence-electron chi connectivity index (χ3n) is 5.04. The van der Waals surface area contributed by atoms with Gasteiger partial charge in [-0.25, -0.2) is 8.42 Å². The molecule has 26 heavy (non-hydrogen) atoms. The third kappa shape index (κ3) is 3.67. The lowest BCUT2D eigenvalue weighted by Gasteiger charge is -2.27. The van der Waals surface area contributed by atoms with Gasteiger partial charge < -0.3 is 5.32 Å². The summed E-state index contributed by atoms with van der Waals surface area (Å²) < 4.78 is 25.3. The third-order valence-corrected chi connectivity index (χ3v) is 6.23. The molecule has 0 saturated heterocycles. The van der Waals surface area contributed by atoms with Crippen molar-refractivity contribution in [3.05, 3.63) is 47.2 Å². The minimum Gasteiger partial charge on any atom is -0.345 e. The Labute approximate surface area is 154 Å². The second kappa shape index (κ2) is 6.54. The maximum Gasteiger partial charge on any atom is 0.256 e. The molecule has 1 aliphatic carbocycles. The van der Waals surface area contributed by atoms with Crippen LogP contribution >= 0.6 is 0 Å². The molecule has 140 valence electrons. The molecule has 0 saturated carbocycles. The van der Waals surface area contributed by atoms with Crippen LogP contribution in [0.3, 0.4) is 0 Å². The molecule has 1 atom stereocenters. The highest BCUT2D eigenvalue weighted by Crippen LogP contribution is 2.39. The first-order valence-electron chi connectivity index (χ1n) is 8.69. The number of hydrogen-bond donors (Lipinski definition) is 1. The topological polar surface area (TPSA) is 81.1 Å². The van der Waals surface area contributed by atoms with E-state index in [1.54, 1.807) is 0 Å². The Kier molecular flexibility index (Phi) is 4.69. The van der Waals surface area contributed by atoms with E-state index in [4.69, 9.17) is 0 Å². The summed E-state index contributed by atoms with van der Waals surface area (Å²) in [5.41, 5.74) is 2.51. The lowest BCUT2D eigenvalue weighted by Crippen LogP contribution is -2.32. The second-order valence-corrected chi connectivity index (χ2v) is 9.78. The molecule has 2 aromatic rings.